The van der Waals surface area contributed by atoms with E-state index < -0.39 is 18.0 Å². The number of hydrogen-bond donors (Lipinski definition) is 2. The van der Waals surface area contributed by atoms with Gasteiger partial charge in [-0.25, -0.2) is 0 Å². The third-order valence-corrected chi connectivity index (χ3v) is 4.33. The van der Waals surface area contributed by atoms with E-state index >= 15 is 0 Å². The highest BCUT2D eigenvalue weighted by molar-refractivity contribution is 5.70. The Morgan fingerprint density at radius 3 is 2.76 bits per heavy atom. The minimum atomic E-state index is -0.802. The number of carboxylic acids is 1. The summed E-state index contributed by atoms with van der Waals surface area (Å²) in [7, 11) is 0. The number of aliphatic carboxylic acids is 1. The maximum Gasteiger partial charge on any atom is 0.306 e. The fourth-order valence-corrected chi connectivity index (χ4v) is 3.26. The second-order valence-corrected chi connectivity index (χ2v) is 5.81. The number of aliphatic hydroxyl groups excluding tert-OH is 1. The minimum Gasteiger partial charge on any atom is -0.493 e. The molecule has 0 saturated heterocycles. The molecule has 0 amide bonds. The lowest BCUT2D eigenvalue weighted by Crippen LogP contribution is -2.31. The SMILES string of the molecule is CCOc1ccc(C)cc1C(O)C1CCCCC1C(=O)O. The normalized spacial score (nSPS) is 23.6. The quantitative estimate of drug-likeness (QED) is 0.873. The maximum absolute atomic E-state index is 11.4. The van der Waals surface area contributed by atoms with Crippen molar-refractivity contribution in [1.82, 2.24) is 0 Å². The van der Waals surface area contributed by atoms with Gasteiger partial charge in [-0.2, -0.15) is 0 Å². The molecule has 1 aromatic carbocycles. The molecule has 0 spiro atoms. The number of hydrogen-bond acceptors (Lipinski definition) is 3. The lowest BCUT2D eigenvalue weighted by Gasteiger charge is -2.33. The molecule has 116 valence electrons. The third-order valence-electron chi connectivity index (χ3n) is 4.33. The highest BCUT2D eigenvalue weighted by Gasteiger charge is 2.37. The summed E-state index contributed by atoms with van der Waals surface area (Å²) in [6.45, 7) is 4.38. The molecule has 0 radical (unpaired) electrons. The van der Waals surface area contributed by atoms with E-state index in [-0.39, 0.29) is 5.92 Å². The molecule has 2 rings (SSSR count). The number of rotatable bonds is 5. The zero-order valence-corrected chi connectivity index (χ0v) is 12.7. The Labute approximate surface area is 125 Å². The largest absolute Gasteiger partial charge is 0.493 e. The maximum atomic E-state index is 11.4. The van der Waals surface area contributed by atoms with E-state index in [1.54, 1.807) is 0 Å². The molecule has 4 nitrogen and oxygen atoms in total. The Kier molecular flexibility index (Phi) is 5.23. The van der Waals surface area contributed by atoms with Gasteiger partial charge < -0.3 is 14.9 Å². The lowest BCUT2D eigenvalue weighted by molar-refractivity contribution is -0.147. The minimum absolute atomic E-state index is 0.239. The van der Waals surface area contributed by atoms with Crippen molar-refractivity contribution in [1.29, 1.82) is 0 Å². The average Bonchev–Trinajstić information content (AvgIpc) is 2.48. The summed E-state index contributed by atoms with van der Waals surface area (Å²) in [4.78, 5) is 11.4. The average molecular weight is 292 g/mol. The van der Waals surface area contributed by atoms with Gasteiger partial charge >= 0.3 is 5.97 Å². The van der Waals surface area contributed by atoms with Crippen LogP contribution in [0, 0.1) is 18.8 Å². The van der Waals surface area contributed by atoms with E-state index in [4.69, 9.17) is 4.74 Å². The van der Waals surface area contributed by atoms with Gasteiger partial charge in [-0.15, -0.1) is 0 Å². The van der Waals surface area contributed by atoms with Crippen molar-refractivity contribution in [2.45, 2.75) is 45.6 Å². The molecular weight excluding hydrogens is 268 g/mol. The molecule has 0 aromatic heterocycles. The van der Waals surface area contributed by atoms with Gasteiger partial charge in [-0.1, -0.05) is 24.5 Å². The first-order valence-electron chi connectivity index (χ1n) is 7.68. The first-order valence-corrected chi connectivity index (χ1v) is 7.68. The van der Waals surface area contributed by atoms with Crippen molar-refractivity contribution in [2.24, 2.45) is 11.8 Å². The molecule has 0 aliphatic heterocycles. The summed E-state index contributed by atoms with van der Waals surface area (Å²) in [5, 5.41) is 20.1. The van der Waals surface area contributed by atoms with Crippen LogP contribution < -0.4 is 4.74 Å². The van der Waals surface area contributed by atoms with Crippen LogP contribution in [0.1, 0.15) is 49.8 Å². The van der Waals surface area contributed by atoms with Gasteiger partial charge in [0.25, 0.3) is 0 Å². The first-order chi connectivity index (χ1) is 10.0. The highest BCUT2D eigenvalue weighted by Crippen LogP contribution is 2.41. The van der Waals surface area contributed by atoms with E-state index in [1.165, 1.54) is 0 Å². The summed E-state index contributed by atoms with van der Waals surface area (Å²) in [5.74, 6) is -0.851. The number of carboxylic acid groups (broad SMARTS) is 1. The van der Waals surface area contributed by atoms with E-state index in [2.05, 4.69) is 0 Å². The fourth-order valence-electron chi connectivity index (χ4n) is 3.26. The number of benzene rings is 1. The van der Waals surface area contributed by atoms with Crippen LogP contribution in [0.3, 0.4) is 0 Å². The van der Waals surface area contributed by atoms with Gasteiger partial charge in [0.1, 0.15) is 5.75 Å². The van der Waals surface area contributed by atoms with E-state index in [0.29, 0.717) is 18.8 Å². The number of aliphatic hydroxyl groups is 1. The summed E-state index contributed by atoms with van der Waals surface area (Å²) < 4.78 is 5.59. The van der Waals surface area contributed by atoms with Crippen molar-refractivity contribution in [2.75, 3.05) is 6.61 Å². The third kappa shape index (κ3) is 3.56. The number of aryl methyl sites for hydroxylation is 1. The molecule has 1 aromatic rings. The van der Waals surface area contributed by atoms with Gasteiger partial charge in [0.05, 0.1) is 18.6 Å². The van der Waals surface area contributed by atoms with Crippen LogP contribution in [0.25, 0.3) is 0 Å². The summed E-state index contributed by atoms with van der Waals surface area (Å²) in [6, 6.07) is 5.70. The molecule has 3 atom stereocenters. The number of carbonyl (C=O) groups is 1. The smallest absolute Gasteiger partial charge is 0.306 e. The van der Waals surface area contributed by atoms with Crippen LogP contribution in [0.5, 0.6) is 5.75 Å². The molecule has 4 heteroatoms. The molecule has 1 fully saturated rings. The van der Waals surface area contributed by atoms with Crippen LogP contribution in [0.4, 0.5) is 0 Å². The van der Waals surface area contributed by atoms with Crippen LogP contribution in [0.15, 0.2) is 18.2 Å². The molecule has 0 heterocycles. The highest BCUT2D eigenvalue weighted by atomic mass is 16.5. The molecule has 2 N–H and O–H groups in total. The summed E-state index contributed by atoms with van der Waals surface area (Å²) in [5.41, 5.74) is 1.75. The molecule has 21 heavy (non-hydrogen) atoms. The van der Waals surface area contributed by atoms with Crippen LogP contribution in [-0.4, -0.2) is 22.8 Å². The van der Waals surface area contributed by atoms with Gasteiger partial charge in [0, 0.05) is 11.5 Å². The van der Waals surface area contributed by atoms with Crippen LogP contribution >= 0.6 is 0 Å². The topological polar surface area (TPSA) is 66.8 Å². The lowest BCUT2D eigenvalue weighted by atomic mass is 9.74. The van der Waals surface area contributed by atoms with Gasteiger partial charge in [-0.3, -0.25) is 4.79 Å². The Balaban J connectivity index is 2.31. The molecule has 1 aliphatic rings. The zero-order valence-electron chi connectivity index (χ0n) is 12.7. The van der Waals surface area contributed by atoms with Crippen molar-refractivity contribution in [3.63, 3.8) is 0 Å². The Hall–Kier alpha value is -1.55. The monoisotopic (exact) mass is 292 g/mol. The Morgan fingerprint density at radius 2 is 2.10 bits per heavy atom. The van der Waals surface area contributed by atoms with Crippen LogP contribution in [0.2, 0.25) is 0 Å². The molecule has 0 bridgehead atoms. The second kappa shape index (κ2) is 6.94. The summed E-state index contributed by atoms with van der Waals surface area (Å²) >= 11 is 0. The molecular formula is C17H24O4. The van der Waals surface area contributed by atoms with Crippen molar-refractivity contribution in [3.05, 3.63) is 29.3 Å². The Morgan fingerprint density at radius 1 is 1.38 bits per heavy atom. The zero-order chi connectivity index (χ0) is 15.4. The Bertz CT molecular complexity index is 498. The van der Waals surface area contributed by atoms with Crippen molar-refractivity contribution < 1.29 is 19.7 Å². The molecule has 1 saturated carbocycles. The van der Waals surface area contributed by atoms with Gasteiger partial charge in [0.2, 0.25) is 0 Å². The van der Waals surface area contributed by atoms with Gasteiger partial charge in [-0.05, 0) is 38.8 Å². The predicted octanol–water partition coefficient (Wildman–Crippen LogP) is 3.32. The van der Waals surface area contributed by atoms with Crippen molar-refractivity contribution in [3.8, 4) is 5.75 Å². The second-order valence-electron chi connectivity index (χ2n) is 5.81. The predicted molar refractivity (Wildman–Crippen MR) is 80.4 cm³/mol. The van der Waals surface area contributed by atoms with Crippen LogP contribution in [-0.2, 0) is 4.79 Å². The number of ether oxygens (including phenoxy) is 1. The van der Waals surface area contributed by atoms with Gasteiger partial charge in [0.15, 0.2) is 0 Å². The fraction of sp³-hybridized carbons (Fsp3) is 0.588. The van der Waals surface area contributed by atoms with E-state index in [9.17, 15) is 15.0 Å². The van der Waals surface area contributed by atoms with Crippen molar-refractivity contribution >= 4 is 5.97 Å². The molecule has 3 unspecified atom stereocenters. The molecule has 1 aliphatic carbocycles. The summed E-state index contributed by atoms with van der Waals surface area (Å²) in [6.07, 6.45) is 2.51. The van der Waals surface area contributed by atoms with E-state index in [0.717, 1.165) is 30.4 Å². The standard InChI is InChI=1S/C17H24O4/c1-3-21-15-9-8-11(2)10-14(15)16(18)12-6-4-5-7-13(12)17(19)20/h8-10,12-13,16,18H,3-7H2,1-2H3,(H,19,20). The van der Waals surface area contributed by atoms with E-state index in [1.807, 2.05) is 32.0 Å². The first kappa shape index (κ1) is 15.8.